The number of likely N-dealkylation sites (tertiary alicyclic amines) is 1. The second-order valence-electron chi connectivity index (χ2n) is 8.78. The van der Waals surface area contributed by atoms with E-state index in [-0.39, 0.29) is 23.5 Å². The minimum Gasteiger partial charge on any atom is -0.487 e. The van der Waals surface area contributed by atoms with Gasteiger partial charge in [-0.05, 0) is 62.4 Å². The average molecular weight is 394 g/mol. The Bertz CT molecular complexity index is 829. The third-order valence-electron chi connectivity index (χ3n) is 6.11. The summed E-state index contributed by atoms with van der Waals surface area (Å²) in [7, 11) is 0. The molecule has 1 amide bonds. The van der Waals surface area contributed by atoms with Crippen molar-refractivity contribution in [1.82, 2.24) is 15.2 Å². The van der Waals surface area contributed by atoms with E-state index < -0.39 is 0 Å². The summed E-state index contributed by atoms with van der Waals surface area (Å²) in [4.78, 5) is 19.1. The number of nitrogens with one attached hydrogen (secondary N) is 1. The fraction of sp³-hybridized carbons (Fsp3) is 0.500. The quantitative estimate of drug-likeness (QED) is 0.837. The number of carbonyl (C=O) groups excluding carboxylic acids is 1. The van der Waals surface area contributed by atoms with Crippen LogP contribution >= 0.6 is 0 Å². The van der Waals surface area contributed by atoms with Crippen LogP contribution in [0.4, 0.5) is 0 Å². The molecule has 1 atom stereocenters. The molecule has 1 saturated heterocycles. The Kier molecular flexibility index (Phi) is 5.86. The standard InChI is InChI=1S/C24H31N3O2/c1-18(2)26-23(28)15-20-16-24(29-22-6-4-3-5-21(20)22)9-13-27(14-10-24)17-19-7-11-25-12-8-19/h3-8,11-12,18,20H,9-10,13-17H2,1-2H3,(H,26,28)/t20-/m1/s1. The van der Waals surface area contributed by atoms with Crippen LogP contribution in [-0.2, 0) is 11.3 Å². The molecule has 0 aliphatic carbocycles. The molecule has 29 heavy (non-hydrogen) atoms. The summed E-state index contributed by atoms with van der Waals surface area (Å²) >= 11 is 0. The number of rotatable bonds is 5. The molecule has 0 saturated carbocycles. The molecule has 0 bridgehead atoms. The molecule has 2 aromatic rings. The highest BCUT2D eigenvalue weighted by Gasteiger charge is 2.43. The molecular weight excluding hydrogens is 362 g/mol. The predicted molar refractivity (Wildman–Crippen MR) is 114 cm³/mol. The van der Waals surface area contributed by atoms with Gasteiger partial charge in [-0.25, -0.2) is 0 Å². The number of hydrogen-bond acceptors (Lipinski definition) is 4. The fourth-order valence-electron chi connectivity index (χ4n) is 4.70. The number of ether oxygens (including phenoxy) is 1. The molecule has 0 radical (unpaired) electrons. The van der Waals surface area contributed by atoms with Crippen LogP contribution in [0.3, 0.4) is 0 Å². The molecule has 1 spiro atoms. The maximum atomic E-state index is 12.5. The van der Waals surface area contributed by atoms with Gasteiger partial charge in [0.2, 0.25) is 5.91 Å². The van der Waals surface area contributed by atoms with Crippen molar-refractivity contribution < 1.29 is 9.53 Å². The Labute approximate surface area is 173 Å². The van der Waals surface area contributed by atoms with Gasteiger partial charge >= 0.3 is 0 Å². The van der Waals surface area contributed by atoms with E-state index in [1.54, 1.807) is 0 Å². The van der Waals surface area contributed by atoms with Gasteiger partial charge in [0.1, 0.15) is 11.4 Å². The van der Waals surface area contributed by atoms with Gasteiger partial charge in [-0.1, -0.05) is 18.2 Å². The number of piperidine rings is 1. The maximum absolute atomic E-state index is 12.5. The van der Waals surface area contributed by atoms with Gasteiger partial charge in [-0.2, -0.15) is 0 Å². The molecule has 154 valence electrons. The number of pyridine rings is 1. The van der Waals surface area contributed by atoms with Crippen LogP contribution in [-0.4, -0.2) is 40.5 Å². The van der Waals surface area contributed by atoms with E-state index >= 15 is 0 Å². The van der Waals surface area contributed by atoms with Crippen molar-refractivity contribution in [1.29, 1.82) is 0 Å². The highest BCUT2D eigenvalue weighted by molar-refractivity contribution is 5.77. The van der Waals surface area contributed by atoms with Crippen molar-refractivity contribution in [2.75, 3.05) is 13.1 Å². The van der Waals surface area contributed by atoms with Gasteiger partial charge in [-0.3, -0.25) is 14.7 Å². The lowest BCUT2D eigenvalue weighted by molar-refractivity contribution is -0.122. The molecule has 5 nitrogen and oxygen atoms in total. The zero-order chi connectivity index (χ0) is 20.3. The van der Waals surface area contributed by atoms with Crippen LogP contribution in [0.25, 0.3) is 0 Å². The first kappa shape index (κ1) is 19.9. The van der Waals surface area contributed by atoms with Crippen molar-refractivity contribution in [3.63, 3.8) is 0 Å². The van der Waals surface area contributed by atoms with E-state index in [1.165, 1.54) is 11.1 Å². The van der Waals surface area contributed by atoms with Gasteiger partial charge < -0.3 is 10.1 Å². The summed E-state index contributed by atoms with van der Waals surface area (Å²) in [5, 5.41) is 3.05. The van der Waals surface area contributed by atoms with E-state index in [0.717, 1.165) is 44.6 Å². The van der Waals surface area contributed by atoms with Gasteiger partial charge in [0, 0.05) is 50.4 Å². The van der Waals surface area contributed by atoms with Crippen LogP contribution in [0, 0.1) is 0 Å². The van der Waals surface area contributed by atoms with Gasteiger partial charge in [0.15, 0.2) is 0 Å². The Morgan fingerprint density at radius 3 is 2.66 bits per heavy atom. The van der Waals surface area contributed by atoms with Crippen LogP contribution in [0.5, 0.6) is 5.75 Å². The fourth-order valence-corrected chi connectivity index (χ4v) is 4.70. The Balaban J connectivity index is 1.45. The van der Waals surface area contributed by atoms with Gasteiger partial charge in [-0.15, -0.1) is 0 Å². The average Bonchev–Trinajstić information content (AvgIpc) is 2.70. The molecule has 1 aromatic carbocycles. The highest BCUT2D eigenvalue weighted by Crippen LogP contribution is 2.46. The number of nitrogens with zero attached hydrogens (tertiary/aromatic N) is 2. The number of fused-ring (bicyclic) bond motifs is 1. The Morgan fingerprint density at radius 2 is 1.93 bits per heavy atom. The lowest BCUT2D eigenvalue weighted by Gasteiger charge is -2.47. The number of benzene rings is 1. The number of para-hydroxylation sites is 1. The Hall–Kier alpha value is -2.40. The zero-order valence-corrected chi connectivity index (χ0v) is 17.4. The first-order chi connectivity index (χ1) is 14.0. The predicted octanol–water partition coefficient (Wildman–Crippen LogP) is 3.90. The third-order valence-corrected chi connectivity index (χ3v) is 6.11. The largest absolute Gasteiger partial charge is 0.487 e. The summed E-state index contributed by atoms with van der Waals surface area (Å²) in [6, 6.07) is 12.6. The highest BCUT2D eigenvalue weighted by atomic mass is 16.5. The number of amides is 1. The first-order valence-electron chi connectivity index (χ1n) is 10.7. The van der Waals surface area contributed by atoms with Crippen molar-refractivity contribution in [2.24, 2.45) is 0 Å². The zero-order valence-electron chi connectivity index (χ0n) is 17.4. The van der Waals surface area contributed by atoms with E-state index in [2.05, 4.69) is 39.5 Å². The minimum absolute atomic E-state index is 0.131. The van der Waals surface area contributed by atoms with Gasteiger partial charge in [0.05, 0.1) is 0 Å². The summed E-state index contributed by atoms with van der Waals surface area (Å²) in [6.45, 7) is 6.99. The minimum atomic E-state index is -0.161. The molecule has 4 rings (SSSR count). The van der Waals surface area contributed by atoms with E-state index in [1.807, 2.05) is 38.4 Å². The van der Waals surface area contributed by atoms with E-state index in [9.17, 15) is 4.79 Å². The molecule has 1 aromatic heterocycles. The summed E-state index contributed by atoms with van der Waals surface area (Å²) in [5.74, 6) is 1.31. The van der Waals surface area contributed by atoms with Crippen LogP contribution in [0.2, 0.25) is 0 Å². The third kappa shape index (κ3) is 4.78. The van der Waals surface area contributed by atoms with E-state index in [4.69, 9.17) is 4.74 Å². The molecule has 2 aliphatic heterocycles. The normalized spacial score (nSPS) is 20.9. The summed E-state index contributed by atoms with van der Waals surface area (Å²) in [5.41, 5.74) is 2.32. The monoisotopic (exact) mass is 393 g/mol. The molecule has 2 aliphatic rings. The number of carbonyl (C=O) groups is 1. The lowest BCUT2D eigenvalue weighted by atomic mass is 9.76. The smallest absolute Gasteiger partial charge is 0.220 e. The second kappa shape index (κ2) is 8.54. The van der Waals surface area contributed by atoms with Gasteiger partial charge in [0.25, 0.3) is 0 Å². The van der Waals surface area contributed by atoms with Crippen LogP contribution in [0.15, 0.2) is 48.8 Å². The van der Waals surface area contributed by atoms with Crippen molar-refractivity contribution in [2.45, 2.75) is 63.6 Å². The van der Waals surface area contributed by atoms with E-state index in [0.29, 0.717) is 6.42 Å². The van der Waals surface area contributed by atoms with Crippen molar-refractivity contribution in [3.05, 3.63) is 59.9 Å². The van der Waals surface area contributed by atoms with Crippen LogP contribution < -0.4 is 10.1 Å². The molecule has 1 fully saturated rings. The van der Waals surface area contributed by atoms with Crippen molar-refractivity contribution in [3.8, 4) is 5.75 Å². The lowest BCUT2D eigenvalue weighted by Crippen LogP contribution is -2.50. The van der Waals surface area contributed by atoms with Crippen molar-refractivity contribution >= 4 is 5.91 Å². The first-order valence-corrected chi connectivity index (χ1v) is 10.7. The molecule has 5 heteroatoms. The Morgan fingerprint density at radius 1 is 1.21 bits per heavy atom. The molecule has 0 unspecified atom stereocenters. The second-order valence-corrected chi connectivity index (χ2v) is 8.78. The molecule has 3 heterocycles. The molecule has 1 N–H and O–H groups in total. The molecular formula is C24H31N3O2. The van der Waals surface area contributed by atoms with Crippen LogP contribution in [0.1, 0.15) is 56.6 Å². The summed E-state index contributed by atoms with van der Waals surface area (Å²) in [6.07, 6.45) is 7.15. The summed E-state index contributed by atoms with van der Waals surface area (Å²) < 4.78 is 6.58. The SMILES string of the molecule is CC(C)NC(=O)C[C@@H]1CC2(CCN(Cc3ccncc3)CC2)Oc2ccccc21. The number of aromatic nitrogens is 1. The maximum Gasteiger partial charge on any atom is 0.220 e. The topological polar surface area (TPSA) is 54.5 Å². The number of hydrogen-bond donors (Lipinski definition) is 1.